The highest BCUT2D eigenvalue weighted by Gasteiger charge is 2.09. The van der Waals surface area contributed by atoms with Crippen LogP contribution in [-0.2, 0) is 0 Å². The molecule has 3 aromatic rings. The van der Waals surface area contributed by atoms with Gasteiger partial charge in [-0.25, -0.2) is 9.50 Å². The van der Waals surface area contributed by atoms with Gasteiger partial charge < -0.3 is 0 Å². The van der Waals surface area contributed by atoms with Crippen molar-refractivity contribution in [3.05, 3.63) is 52.3 Å². The van der Waals surface area contributed by atoms with Gasteiger partial charge in [0.05, 0.1) is 11.4 Å². The van der Waals surface area contributed by atoms with Crippen molar-refractivity contribution in [2.24, 2.45) is 0 Å². The molecule has 3 nitrogen and oxygen atoms in total. The van der Waals surface area contributed by atoms with Crippen LogP contribution >= 0.6 is 23.2 Å². The largest absolute Gasteiger partial charge is 0.217 e. The molecule has 0 aliphatic heterocycles. The minimum Gasteiger partial charge on any atom is -0.217 e. The van der Waals surface area contributed by atoms with E-state index in [1.54, 1.807) is 10.6 Å². The number of aromatic nitrogens is 3. The van der Waals surface area contributed by atoms with Gasteiger partial charge in [0.25, 0.3) is 0 Å². The second-order valence-corrected chi connectivity index (χ2v) is 4.85. The Morgan fingerprint density at radius 3 is 2.50 bits per heavy atom. The number of nitrogens with zero attached hydrogens (tertiary/aromatic N) is 3. The summed E-state index contributed by atoms with van der Waals surface area (Å²) in [6, 6.07) is 11.2. The lowest BCUT2D eigenvalue weighted by Gasteiger charge is -2.05. The fraction of sp³-hybridized carbons (Fsp3) is 0.0769. The molecule has 0 amide bonds. The van der Waals surface area contributed by atoms with Crippen LogP contribution in [0.4, 0.5) is 0 Å². The minimum atomic E-state index is 0.451. The lowest BCUT2D eigenvalue weighted by atomic mass is 10.1. The molecule has 0 saturated heterocycles. The molecule has 0 aliphatic carbocycles. The first-order valence-corrected chi connectivity index (χ1v) is 6.18. The lowest BCUT2D eigenvalue weighted by molar-refractivity contribution is 0.925. The third-order valence-electron chi connectivity index (χ3n) is 2.66. The van der Waals surface area contributed by atoms with Crippen molar-refractivity contribution in [2.45, 2.75) is 6.92 Å². The maximum Gasteiger partial charge on any atom is 0.157 e. The highest BCUT2D eigenvalue weighted by atomic mass is 35.5. The van der Waals surface area contributed by atoms with Gasteiger partial charge in [-0.15, -0.1) is 0 Å². The Morgan fingerprint density at radius 2 is 1.78 bits per heavy atom. The number of halogens is 2. The first kappa shape index (κ1) is 11.5. The maximum absolute atomic E-state index is 6.04. The Morgan fingerprint density at radius 1 is 1.06 bits per heavy atom. The smallest absolute Gasteiger partial charge is 0.157 e. The van der Waals surface area contributed by atoms with Crippen LogP contribution in [0.2, 0.25) is 10.2 Å². The summed E-state index contributed by atoms with van der Waals surface area (Å²) in [6.07, 6.45) is 0. The van der Waals surface area contributed by atoms with Gasteiger partial charge in [0.1, 0.15) is 5.15 Å². The van der Waals surface area contributed by atoms with Gasteiger partial charge in [-0.1, -0.05) is 35.3 Å². The molecule has 2 heterocycles. The number of fused-ring (bicyclic) bond motifs is 1. The van der Waals surface area contributed by atoms with Crippen molar-refractivity contribution < 1.29 is 0 Å². The molecular formula is C13H9Cl2N3. The fourth-order valence-electron chi connectivity index (χ4n) is 1.88. The normalized spacial score (nSPS) is 11.1. The highest BCUT2D eigenvalue weighted by molar-refractivity contribution is 6.30. The first-order chi connectivity index (χ1) is 8.63. The molecule has 0 unspecified atom stereocenters. The maximum atomic E-state index is 6.04. The Bertz CT molecular complexity index is 717. The molecule has 18 heavy (non-hydrogen) atoms. The molecule has 0 fully saturated rings. The standard InChI is InChI=1S/C13H9Cl2N3/c1-8-6-13-16-12(15)7-11(18(13)17-8)9-2-4-10(14)5-3-9/h2-7H,1H3. The van der Waals surface area contributed by atoms with Crippen LogP contribution in [0.3, 0.4) is 0 Å². The van der Waals surface area contributed by atoms with E-state index in [0.29, 0.717) is 10.2 Å². The van der Waals surface area contributed by atoms with Crippen molar-refractivity contribution in [3.8, 4) is 11.3 Å². The Hall–Kier alpha value is -1.58. The van der Waals surface area contributed by atoms with Crippen LogP contribution in [0.1, 0.15) is 5.69 Å². The van der Waals surface area contributed by atoms with Crippen molar-refractivity contribution >= 4 is 28.8 Å². The number of hydrogen-bond acceptors (Lipinski definition) is 2. The van der Waals surface area contributed by atoms with Gasteiger partial charge in [-0.05, 0) is 19.1 Å². The van der Waals surface area contributed by atoms with Crippen LogP contribution < -0.4 is 0 Å². The Labute approximate surface area is 114 Å². The molecule has 0 saturated carbocycles. The minimum absolute atomic E-state index is 0.451. The predicted molar refractivity (Wildman–Crippen MR) is 73.2 cm³/mol. The highest BCUT2D eigenvalue weighted by Crippen LogP contribution is 2.24. The van der Waals surface area contributed by atoms with E-state index in [4.69, 9.17) is 23.2 Å². The zero-order valence-corrected chi connectivity index (χ0v) is 11.1. The second kappa shape index (κ2) is 4.26. The SMILES string of the molecule is Cc1cc2nc(Cl)cc(-c3ccc(Cl)cc3)n2n1. The summed E-state index contributed by atoms with van der Waals surface area (Å²) in [7, 11) is 0. The van der Waals surface area contributed by atoms with E-state index in [-0.39, 0.29) is 0 Å². The molecule has 0 atom stereocenters. The summed E-state index contributed by atoms with van der Waals surface area (Å²) in [6.45, 7) is 1.92. The van der Waals surface area contributed by atoms with Crippen LogP contribution in [0, 0.1) is 6.92 Å². The summed E-state index contributed by atoms with van der Waals surface area (Å²) in [5.74, 6) is 0. The van der Waals surface area contributed by atoms with Crippen LogP contribution in [0.25, 0.3) is 16.9 Å². The number of benzene rings is 1. The summed E-state index contributed by atoms with van der Waals surface area (Å²) in [5.41, 5.74) is 3.54. The quantitative estimate of drug-likeness (QED) is 0.629. The Balaban J connectivity index is 2.30. The van der Waals surface area contributed by atoms with Crippen molar-refractivity contribution in [1.29, 1.82) is 0 Å². The van der Waals surface area contributed by atoms with E-state index < -0.39 is 0 Å². The molecule has 5 heteroatoms. The zero-order chi connectivity index (χ0) is 12.7. The van der Waals surface area contributed by atoms with Gasteiger partial charge in [0.15, 0.2) is 5.65 Å². The van der Waals surface area contributed by atoms with E-state index in [0.717, 1.165) is 22.6 Å². The number of hydrogen-bond donors (Lipinski definition) is 0. The molecule has 2 aromatic heterocycles. The van der Waals surface area contributed by atoms with E-state index in [1.807, 2.05) is 37.3 Å². The fourth-order valence-corrected chi connectivity index (χ4v) is 2.20. The van der Waals surface area contributed by atoms with Crippen LogP contribution in [0.5, 0.6) is 0 Å². The Kier molecular flexibility index (Phi) is 2.73. The number of rotatable bonds is 1. The zero-order valence-electron chi connectivity index (χ0n) is 9.56. The van der Waals surface area contributed by atoms with E-state index in [9.17, 15) is 0 Å². The van der Waals surface area contributed by atoms with E-state index in [1.165, 1.54) is 0 Å². The van der Waals surface area contributed by atoms with Gasteiger partial charge in [0.2, 0.25) is 0 Å². The van der Waals surface area contributed by atoms with Crippen molar-refractivity contribution in [3.63, 3.8) is 0 Å². The second-order valence-electron chi connectivity index (χ2n) is 4.03. The van der Waals surface area contributed by atoms with Gasteiger partial charge in [-0.3, -0.25) is 0 Å². The average Bonchev–Trinajstić information content (AvgIpc) is 2.69. The van der Waals surface area contributed by atoms with Gasteiger partial charge >= 0.3 is 0 Å². The van der Waals surface area contributed by atoms with Crippen LogP contribution in [0.15, 0.2) is 36.4 Å². The topological polar surface area (TPSA) is 30.2 Å². The van der Waals surface area contributed by atoms with Gasteiger partial charge in [-0.2, -0.15) is 5.10 Å². The summed E-state index contributed by atoms with van der Waals surface area (Å²) in [5, 5.41) is 5.57. The third kappa shape index (κ3) is 1.96. The average molecular weight is 278 g/mol. The first-order valence-electron chi connectivity index (χ1n) is 5.42. The lowest BCUT2D eigenvalue weighted by Crippen LogP contribution is -1.96. The molecule has 90 valence electrons. The molecular weight excluding hydrogens is 269 g/mol. The molecule has 0 aliphatic rings. The molecule has 0 bridgehead atoms. The van der Waals surface area contributed by atoms with E-state index in [2.05, 4.69) is 10.1 Å². The summed E-state index contributed by atoms with van der Waals surface area (Å²) < 4.78 is 1.78. The summed E-state index contributed by atoms with van der Waals surface area (Å²) >= 11 is 11.9. The number of aryl methyl sites for hydroxylation is 1. The summed E-state index contributed by atoms with van der Waals surface area (Å²) in [4.78, 5) is 4.24. The molecule has 0 radical (unpaired) electrons. The third-order valence-corrected chi connectivity index (χ3v) is 3.10. The van der Waals surface area contributed by atoms with Crippen LogP contribution in [-0.4, -0.2) is 14.6 Å². The van der Waals surface area contributed by atoms with Crippen molar-refractivity contribution in [2.75, 3.05) is 0 Å². The van der Waals surface area contributed by atoms with E-state index >= 15 is 0 Å². The van der Waals surface area contributed by atoms with Gasteiger partial charge in [0, 0.05) is 22.7 Å². The molecule has 0 spiro atoms. The molecule has 3 rings (SSSR count). The molecule has 0 N–H and O–H groups in total. The predicted octanol–water partition coefficient (Wildman–Crippen LogP) is 4.01. The van der Waals surface area contributed by atoms with Crippen molar-refractivity contribution in [1.82, 2.24) is 14.6 Å². The molecule has 1 aromatic carbocycles. The monoisotopic (exact) mass is 277 g/mol.